The van der Waals surface area contributed by atoms with Gasteiger partial charge in [0.05, 0.1) is 22.1 Å². The van der Waals surface area contributed by atoms with Crippen LogP contribution in [0.15, 0.2) is 65.6 Å². The fourth-order valence-corrected chi connectivity index (χ4v) is 7.73. The summed E-state index contributed by atoms with van der Waals surface area (Å²) in [7, 11) is -3.77. The van der Waals surface area contributed by atoms with E-state index in [-0.39, 0.29) is 23.0 Å². The molecule has 2 bridgehead atoms. The van der Waals surface area contributed by atoms with Crippen LogP contribution in [0.5, 0.6) is 0 Å². The van der Waals surface area contributed by atoms with Gasteiger partial charge in [0, 0.05) is 17.5 Å². The van der Waals surface area contributed by atoms with Crippen molar-refractivity contribution in [3.63, 3.8) is 0 Å². The van der Waals surface area contributed by atoms with E-state index in [0.29, 0.717) is 5.57 Å². The number of amides is 1. The molecule has 0 unspecified atom stereocenters. The maximum Gasteiger partial charge on any atom is 0.410 e. The van der Waals surface area contributed by atoms with E-state index < -0.39 is 44.8 Å². The molecule has 34 heavy (non-hydrogen) atoms. The van der Waals surface area contributed by atoms with Crippen molar-refractivity contribution >= 4 is 27.3 Å². The predicted octanol–water partition coefficient (Wildman–Crippen LogP) is 4.43. The van der Waals surface area contributed by atoms with Crippen molar-refractivity contribution in [3.05, 3.63) is 71.8 Å². The van der Waals surface area contributed by atoms with Crippen LogP contribution >= 0.6 is 0 Å². The van der Waals surface area contributed by atoms with Crippen LogP contribution in [0.2, 0.25) is 0 Å². The number of carbonyl (C=O) groups is 2. The second kappa shape index (κ2) is 7.80. The summed E-state index contributed by atoms with van der Waals surface area (Å²) in [6.07, 6.45) is 1.67. The molecule has 5 atom stereocenters. The molecular formula is C27H29NO5S. The number of carbonyl (C=O) groups excluding carboxylic acids is 2. The van der Waals surface area contributed by atoms with Crippen molar-refractivity contribution in [1.82, 2.24) is 4.90 Å². The first-order chi connectivity index (χ1) is 16.0. The van der Waals surface area contributed by atoms with E-state index in [1.165, 1.54) is 0 Å². The summed E-state index contributed by atoms with van der Waals surface area (Å²) in [5.41, 5.74) is 1.67. The lowest BCUT2D eigenvalue weighted by molar-refractivity contribution is -0.118. The summed E-state index contributed by atoms with van der Waals surface area (Å²) in [5, 5.41) is -0.860. The minimum atomic E-state index is -3.77. The highest BCUT2D eigenvalue weighted by Crippen LogP contribution is 2.55. The number of benzene rings is 2. The third kappa shape index (κ3) is 3.57. The van der Waals surface area contributed by atoms with E-state index in [1.54, 1.807) is 49.9 Å². The fraction of sp³-hybridized carbons (Fsp3) is 0.407. The Morgan fingerprint density at radius 2 is 1.68 bits per heavy atom. The van der Waals surface area contributed by atoms with Crippen molar-refractivity contribution in [1.29, 1.82) is 0 Å². The van der Waals surface area contributed by atoms with Gasteiger partial charge in [-0.15, -0.1) is 0 Å². The van der Waals surface area contributed by atoms with Gasteiger partial charge in [0.15, 0.2) is 15.6 Å². The lowest BCUT2D eigenvalue weighted by Crippen LogP contribution is -2.47. The number of ketones is 1. The van der Waals surface area contributed by atoms with E-state index in [4.69, 9.17) is 4.74 Å². The first kappa shape index (κ1) is 22.8. The fourth-order valence-electron chi connectivity index (χ4n) is 5.74. The Balaban J connectivity index is 1.56. The van der Waals surface area contributed by atoms with Crippen LogP contribution in [0.3, 0.4) is 0 Å². The lowest BCUT2D eigenvalue weighted by Gasteiger charge is -2.30. The summed E-state index contributed by atoms with van der Waals surface area (Å²) in [6.45, 7) is 7.24. The van der Waals surface area contributed by atoms with Crippen molar-refractivity contribution in [2.45, 2.75) is 61.9 Å². The molecule has 2 aromatic carbocycles. The van der Waals surface area contributed by atoms with E-state index in [9.17, 15) is 18.0 Å². The number of rotatable bonds is 3. The zero-order valence-electron chi connectivity index (χ0n) is 19.8. The van der Waals surface area contributed by atoms with Gasteiger partial charge < -0.3 is 4.74 Å². The molecule has 2 saturated heterocycles. The maximum atomic E-state index is 13.7. The number of hydrogen-bond acceptors (Lipinski definition) is 5. The SMILES string of the molecule is Cc1ccc(S(=O)(=O)[C@H]2C[C@H]3[C@@H]4C=C(c5ccccc5)C(=O)[C@@H]4[C@@H]2N3C(=O)OC(C)(C)C)cc1. The van der Waals surface area contributed by atoms with Gasteiger partial charge in [0.1, 0.15) is 5.60 Å². The van der Waals surface area contributed by atoms with Crippen LogP contribution in [0.1, 0.15) is 38.3 Å². The number of hydrogen-bond donors (Lipinski definition) is 0. The van der Waals surface area contributed by atoms with Crippen LogP contribution in [0, 0.1) is 18.8 Å². The molecule has 5 rings (SSSR count). The second-order valence-electron chi connectivity index (χ2n) is 10.5. The quantitative estimate of drug-likeness (QED) is 0.651. The lowest BCUT2D eigenvalue weighted by atomic mass is 9.80. The summed E-state index contributed by atoms with van der Waals surface area (Å²) in [5.74, 6) is -0.905. The van der Waals surface area contributed by atoms with Gasteiger partial charge in [-0.1, -0.05) is 54.1 Å². The predicted molar refractivity (Wildman–Crippen MR) is 129 cm³/mol. The monoisotopic (exact) mass is 479 g/mol. The molecule has 3 aliphatic rings. The average Bonchev–Trinajstić information content (AvgIpc) is 3.42. The molecule has 0 N–H and O–H groups in total. The Morgan fingerprint density at radius 1 is 1.03 bits per heavy atom. The van der Waals surface area contributed by atoms with Crippen molar-refractivity contribution in [2.24, 2.45) is 11.8 Å². The molecule has 2 aromatic rings. The molecule has 2 aliphatic heterocycles. The van der Waals surface area contributed by atoms with Gasteiger partial charge in [0.25, 0.3) is 0 Å². The van der Waals surface area contributed by atoms with Gasteiger partial charge in [-0.3, -0.25) is 9.69 Å². The molecule has 7 heteroatoms. The van der Waals surface area contributed by atoms with Crippen LogP contribution < -0.4 is 0 Å². The largest absolute Gasteiger partial charge is 0.444 e. The number of aryl methyl sites for hydroxylation is 1. The molecule has 178 valence electrons. The average molecular weight is 480 g/mol. The molecule has 0 radical (unpaired) electrons. The summed E-state index contributed by atoms with van der Waals surface area (Å²) in [6, 6.07) is 15.0. The highest BCUT2D eigenvalue weighted by molar-refractivity contribution is 7.92. The summed E-state index contributed by atoms with van der Waals surface area (Å²) >= 11 is 0. The third-order valence-electron chi connectivity index (χ3n) is 7.12. The Kier molecular flexibility index (Phi) is 5.24. The van der Waals surface area contributed by atoms with E-state index in [1.807, 2.05) is 43.3 Å². The zero-order chi connectivity index (χ0) is 24.4. The highest BCUT2D eigenvalue weighted by Gasteiger charge is 2.66. The van der Waals surface area contributed by atoms with E-state index >= 15 is 0 Å². The number of ether oxygens (including phenoxy) is 1. The van der Waals surface area contributed by atoms with Gasteiger partial charge in [-0.05, 0) is 51.8 Å². The number of nitrogens with zero attached hydrogens (tertiary/aromatic N) is 1. The number of sulfone groups is 1. The van der Waals surface area contributed by atoms with Gasteiger partial charge in [-0.2, -0.15) is 0 Å². The van der Waals surface area contributed by atoms with Gasteiger partial charge >= 0.3 is 6.09 Å². The minimum absolute atomic E-state index is 0.0962. The molecule has 6 nitrogen and oxygen atoms in total. The topological polar surface area (TPSA) is 80.8 Å². The van der Waals surface area contributed by atoms with Gasteiger partial charge in [-0.25, -0.2) is 13.2 Å². The molecule has 2 heterocycles. The van der Waals surface area contributed by atoms with Crippen LogP contribution in [0.4, 0.5) is 4.79 Å². The maximum absolute atomic E-state index is 13.7. The van der Waals surface area contributed by atoms with E-state index in [0.717, 1.165) is 11.1 Å². The molecule has 0 saturated carbocycles. The molecule has 2 fully saturated rings. The number of fused-ring (bicyclic) bond motifs is 5. The third-order valence-corrected chi connectivity index (χ3v) is 9.32. The number of allylic oxidation sites excluding steroid dienone is 1. The second-order valence-corrected chi connectivity index (χ2v) is 12.7. The highest BCUT2D eigenvalue weighted by atomic mass is 32.2. The zero-order valence-corrected chi connectivity index (χ0v) is 20.6. The van der Waals surface area contributed by atoms with E-state index in [2.05, 4.69) is 0 Å². The first-order valence-electron chi connectivity index (χ1n) is 11.6. The molecule has 0 spiro atoms. The molecular weight excluding hydrogens is 450 g/mol. The van der Waals surface area contributed by atoms with Crippen molar-refractivity contribution in [2.75, 3.05) is 0 Å². The Labute approximate surface area is 200 Å². The molecule has 1 amide bonds. The van der Waals surface area contributed by atoms with Crippen LogP contribution in [-0.4, -0.2) is 48.1 Å². The Morgan fingerprint density at radius 3 is 2.29 bits per heavy atom. The Hall–Kier alpha value is -2.93. The first-order valence-corrected chi connectivity index (χ1v) is 13.2. The van der Waals surface area contributed by atoms with Crippen LogP contribution in [-0.2, 0) is 19.4 Å². The van der Waals surface area contributed by atoms with Crippen LogP contribution in [0.25, 0.3) is 5.57 Å². The standard InChI is InChI=1S/C27H29NO5S/c1-16-10-12-18(13-11-16)34(31,32)22-15-21-20-14-19(17-8-6-5-7-9-17)25(29)23(20)24(22)28(21)26(30)33-27(2,3)4/h5-14,20-24H,15H2,1-4H3/t20-,21-,22-,23-,24+/m0/s1. The van der Waals surface area contributed by atoms with Crippen molar-refractivity contribution in [3.8, 4) is 0 Å². The normalized spacial score (nSPS) is 28.1. The number of Topliss-reactive ketones (excluding diaryl/α,β-unsaturated/α-hetero) is 1. The van der Waals surface area contributed by atoms with Gasteiger partial charge in [0.2, 0.25) is 0 Å². The summed E-state index contributed by atoms with van der Waals surface area (Å²) in [4.78, 5) is 28.7. The smallest absolute Gasteiger partial charge is 0.410 e. The molecule has 1 aliphatic carbocycles. The molecule has 0 aromatic heterocycles. The summed E-state index contributed by atoms with van der Waals surface area (Å²) < 4.78 is 33.1. The minimum Gasteiger partial charge on any atom is -0.444 e. The Bertz CT molecular complexity index is 1270. The van der Waals surface area contributed by atoms with Crippen molar-refractivity contribution < 1.29 is 22.7 Å².